The van der Waals surface area contributed by atoms with Crippen molar-refractivity contribution >= 4 is 11.7 Å². The standard InChI is InChI=1S/C21H22F4N8O2/c1-11-9-33(20(34)18-14(10-32(3)31-18)19-29-4-13(22)5-30-19)15(12(2)35-11)6-27-17-8-26-16(7-28-17)21(23,24)25/h4-5,7-8,10-12,15H,6,9H2,1-3H3,(H,27,28)/t11-,12+,15-/m1/s1. The molecule has 0 radical (unpaired) electrons. The van der Waals surface area contributed by atoms with Gasteiger partial charge in [-0.15, -0.1) is 0 Å². The van der Waals surface area contributed by atoms with Gasteiger partial charge in [-0.3, -0.25) is 9.48 Å². The molecule has 14 heteroatoms. The second-order valence-electron chi connectivity index (χ2n) is 8.13. The van der Waals surface area contributed by atoms with Crippen LogP contribution in [0.5, 0.6) is 0 Å². The van der Waals surface area contributed by atoms with Crippen LogP contribution in [-0.2, 0) is 18.0 Å². The van der Waals surface area contributed by atoms with Crippen LogP contribution in [0.15, 0.2) is 31.0 Å². The molecule has 0 spiro atoms. The summed E-state index contributed by atoms with van der Waals surface area (Å²) in [6.45, 7) is 4.00. The third-order valence-electron chi connectivity index (χ3n) is 5.43. The fourth-order valence-electron chi connectivity index (χ4n) is 3.85. The van der Waals surface area contributed by atoms with Gasteiger partial charge in [-0.25, -0.2) is 24.3 Å². The van der Waals surface area contributed by atoms with E-state index in [1.165, 1.54) is 4.68 Å². The number of amides is 1. The van der Waals surface area contributed by atoms with Crippen molar-refractivity contribution in [1.82, 2.24) is 34.6 Å². The van der Waals surface area contributed by atoms with Crippen molar-refractivity contribution in [3.05, 3.63) is 48.2 Å². The first-order valence-corrected chi connectivity index (χ1v) is 10.6. The van der Waals surface area contributed by atoms with Crippen LogP contribution in [0.25, 0.3) is 11.4 Å². The molecular formula is C21H22F4N8O2. The van der Waals surface area contributed by atoms with Crippen molar-refractivity contribution in [3.63, 3.8) is 0 Å². The van der Waals surface area contributed by atoms with Gasteiger partial charge in [-0.2, -0.15) is 18.3 Å². The molecule has 4 rings (SSSR count). The number of hydrogen-bond donors (Lipinski definition) is 1. The van der Waals surface area contributed by atoms with Crippen LogP contribution >= 0.6 is 0 Å². The summed E-state index contributed by atoms with van der Waals surface area (Å²) in [5.41, 5.74) is -0.682. The Morgan fingerprint density at radius 1 is 1.14 bits per heavy atom. The van der Waals surface area contributed by atoms with E-state index in [-0.39, 0.29) is 36.5 Å². The van der Waals surface area contributed by atoms with Crippen molar-refractivity contribution in [3.8, 4) is 11.4 Å². The van der Waals surface area contributed by atoms with E-state index in [4.69, 9.17) is 4.74 Å². The van der Waals surface area contributed by atoms with E-state index in [0.717, 1.165) is 18.6 Å². The number of carbonyl (C=O) groups is 1. The number of morpholine rings is 1. The van der Waals surface area contributed by atoms with Crippen molar-refractivity contribution < 1.29 is 27.1 Å². The number of ether oxygens (including phenoxy) is 1. The third-order valence-corrected chi connectivity index (χ3v) is 5.43. The maximum atomic E-state index is 13.6. The second-order valence-corrected chi connectivity index (χ2v) is 8.13. The van der Waals surface area contributed by atoms with Crippen molar-refractivity contribution in [2.24, 2.45) is 7.05 Å². The highest BCUT2D eigenvalue weighted by molar-refractivity contribution is 5.98. The molecule has 0 aromatic carbocycles. The first-order chi connectivity index (χ1) is 16.5. The smallest absolute Gasteiger partial charge is 0.372 e. The summed E-state index contributed by atoms with van der Waals surface area (Å²) < 4.78 is 58.9. The second kappa shape index (κ2) is 9.52. The number of nitrogens with zero attached hydrogens (tertiary/aromatic N) is 7. The van der Waals surface area contributed by atoms with E-state index in [1.54, 1.807) is 25.1 Å². The molecule has 0 aliphatic carbocycles. The summed E-state index contributed by atoms with van der Waals surface area (Å²) in [6.07, 6.45) is -0.0896. The lowest BCUT2D eigenvalue weighted by atomic mass is 10.0. The summed E-state index contributed by atoms with van der Waals surface area (Å²) in [7, 11) is 1.64. The zero-order chi connectivity index (χ0) is 25.3. The van der Waals surface area contributed by atoms with Gasteiger partial charge < -0.3 is 15.0 Å². The lowest BCUT2D eigenvalue weighted by Gasteiger charge is -2.42. The first-order valence-electron chi connectivity index (χ1n) is 10.6. The number of hydrogen-bond acceptors (Lipinski definition) is 8. The molecule has 0 unspecified atom stereocenters. The Labute approximate surface area is 197 Å². The molecule has 1 aliphatic rings. The van der Waals surface area contributed by atoms with Crippen LogP contribution in [0, 0.1) is 5.82 Å². The molecule has 3 aromatic heterocycles. The van der Waals surface area contributed by atoms with Crippen LogP contribution < -0.4 is 5.32 Å². The van der Waals surface area contributed by atoms with E-state index in [2.05, 4.69) is 30.4 Å². The number of aryl methyl sites for hydroxylation is 1. The van der Waals surface area contributed by atoms with Crippen molar-refractivity contribution in [2.45, 2.75) is 38.3 Å². The highest BCUT2D eigenvalue weighted by atomic mass is 19.4. The number of nitrogens with one attached hydrogen (secondary N) is 1. The van der Waals surface area contributed by atoms with Crippen molar-refractivity contribution in [1.29, 1.82) is 0 Å². The number of rotatable bonds is 5. The minimum absolute atomic E-state index is 0.0831. The normalized spacial score (nSPS) is 20.7. The molecule has 0 saturated carbocycles. The Kier molecular flexibility index (Phi) is 6.65. The Balaban J connectivity index is 1.57. The van der Waals surface area contributed by atoms with E-state index in [1.807, 2.05) is 6.92 Å². The zero-order valence-electron chi connectivity index (χ0n) is 19.0. The number of aromatic nitrogens is 6. The Hall–Kier alpha value is -3.68. The molecule has 4 heterocycles. The highest BCUT2D eigenvalue weighted by Crippen LogP contribution is 2.28. The highest BCUT2D eigenvalue weighted by Gasteiger charge is 2.38. The molecule has 1 saturated heterocycles. The van der Waals surface area contributed by atoms with Gasteiger partial charge in [0.2, 0.25) is 0 Å². The molecular weight excluding hydrogens is 472 g/mol. The van der Waals surface area contributed by atoms with Gasteiger partial charge in [0, 0.05) is 26.3 Å². The lowest BCUT2D eigenvalue weighted by molar-refractivity contribution is -0.141. The maximum Gasteiger partial charge on any atom is 0.434 e. The summed E-state index contributed by atoms with van der Waals surface area (Å²) in [5.74, 6) is -0.763. The molecule has 3 aromatic rings. The van der Waals surface area contributed by atoms with E-state index >= 15 is 0 Å². The van der Waals surface area contributed by atoms with Crippen molar-refractivity contribution in [2.75, 3.05) is 18.4 Å². The molecule has 35 heavy (non-hydrogen) atoms. The number of alkyl halides is 3. The summed E-state index contributed by atoms with van der Waals surface area (Å²) >= 11 is 0. The minimum atomic E-state index is -4.59. The number of anilines is 1. The molecule has 1 amide bonds. The fourth-order valence-corrected chi connectivity index (χ4v) is 3.85. The Morgan fingerprint density at radius 3 is 2.49 bits per heavy atom. The van der Waals surface area contributed by atoms with Gasteiger partial charge >= 0.3 is 6.18 Å². The van der Waals surface area contributed by atoms with E-state index < -0.39 is 35.7 Å². The van der Waals surface area contributed by atoms with Crippen LogP contribution in [0.3, 0.4) is 0 Å². The molecule has 1 aliphatic heterocycles. The van der Waals surface area contributed by atoms with Gasteiger partial charge in [0.25, 0.3) is 5.91 Å². The predicted molar refractivity (Wildman–Crippen MR) is 115 cm³/mol. The summed E-state index contributed by atoms with van der Waals surface area (Å²) in [4.78, 5) is 30.3. The van der Waals surface area contributed by atoms with E-state index in [9.17, 15) is 22.4 Å². The predicted octanol–water partition coefficient (Wildman–Crippen LogP) is 2.56. The quantitative estimate of drug-likeness (QED) is 0.539. The van der Waals surface area contributed by atoms with Crippen LogP contribution in [0.4, 0.5) is 23.4 Å². The molecule has 10 nitrogen and oxygen atoms in total. The SMILES string of the molecule is C[C@@H]1CN(C(=O)c2nn(C)cc2-c2ncc(F)cn2)[C@H](CNc2cnc(C(F)(F)F)cn2)[C@H](C)O1. The number of halogens is 4. The average Bonchev–Trinajstić information content (AvgIpc) is 3.19. The van der Waals surface area contributed by atoms with Crippen LogP contribution in [-0.4, -0.2) is 71.9 Å². The number of carbonyl (C=O) groups excluding carboxylic acids is 1. The molecule has 1 fully saturated rings. The Morgan fingerprint density at radius 2 is 1.86 bits per heavy atom. The maximum absolute atomic E-state index is 13.6. The summed E-state index contributed by atoms with van der Waals surface area (Å²) in [6, 6.07) is -0.508. The summed E-state index contributed by atoms with van der Waals surface area (Å²) in [5, 5.41) is 7.21. The molecule has 0 bridgehead atoms. The monoisotopic (exact) mass is 494 g/mol. The largest absolute Gasteiger partial charge is 0.434 e. The molecule has 1 N–H and O–H groups in total. The first kappa shape index (κ1) is 24.4. The van der Waals surface area contributed by atoms with Crippen LogP contribution in [0.1, 0.15) is 30.0 Å². The van der Waals surface area contributed by atoms with E-state index in [0.29, 0.717) is 11.8 Å². The van der Waals surface area contributed by atoms with Gasteiger partial charge in [0.1, 0.15) is 5.82 Å². The van der Waals surface area contributed by atoms with Gasteiger partial charge in [-0.1, -0.05) is 0 Å². The van der Waals surface area contributed by atoms with Gasteiger partial charge in [0.15, 0.2) is 23.0 Å². The molecule has 3 atom stereocenters. The third kappa shape index (κ3) is 5.37. The van der Waals surface area contributed by atoms with Crippen LogP contribution in [0.2, 0.25) is 0 Å². The van der Waals surface area contributed by atoms with Gasteiger partial charge in [-0.05, 0) is 13.8 Å². The Bertz CT molecular complexity index is 1180. The van der Waals surface area contributed by atoms with Gasteiger partial charge in [0.05, 0.1) is 48.6 Å². The minimum Gasteiger partial charge on any atom is -0.372 e. The zero-order valence-corrected chi connectivity index (χ0v) is 19.0. The fraction of sp³-hybridized carbons (Fsp3) is 0.429. The topological polar surface area (TPSA) is 111 Å². The lowest BCUT2D eigenvalue weighted by Crippen LogP contribution is -2.58. The average molecular weight is 494 g/mol. The molecule has 186 valence electrons.